The van der Waals surface area contributed by atoms with Crippen LogP contribution in [0.25, 0.3) is 0 Å². The first-order valence-electron chi connectivity index (χ1n) is 6.18. The van der Waals surface area contributed by atoms with Gasteiger partial charge < -0.3 is 4.42 Å². The molecule has 0 saturated carbocycles. The summed E-state index contributed by atoms with van der Waals surface area (Å²) in [7, 11) is 0. The van der Waals surface area contributed by atoms with Crippen LogP contribution in [0.4, 0.5) is 13.2 Å². The van der Waals surface area contributed by atoms with Crippen LogP contribution < -0.4 is 0 Å². The molecule has 1 radical (unpaired) electrons. The van der Waals surface area contributed by atoms with E-state index in [4.69, 9.17) is 4.42 Å². The Hall–Kier alpha value is -1.34. The lowest BCUT2D eigenvalue weighted by atomic mass is 10.3. The van der Waals surface area contributed by atoms with Gasteiger partial charge in [-0.1, -0.05) is 6.92 Å². The van der Waals surface area contributed by atoms with Gasteiger partial charge in [0, 0.05) is 6.54 Å². The van der Waals surface area contributed by atoms with Crippen LogP contribution in [0.15, 0.2) is 22.8 Å². The first-order chi connectivity index (χ1) is 9.50. The molecule has 0 aliphatic rings. The highest BCUT2D eigenvalue weighted by molar-refractivity contribution is 7.09. The normalized spacial score (nSPS) is 12.2. The summed E-state index contributed by atoms with van der Waals surface area (Å²) in [6, 6.07) is 3.58. The predicted octanol–water partition coefficient (Wildman–Crippen LogP) is 3.97. The molecule has 0 atom stereocenters. The molecule has 0 amide bonds. The van der Waals surface area contributed by atoms with E-state index < -0.39 is 11.9 Å². The number of alkyl halides is 3. The van der Waals surface area contributed by atoms with Crippen molar-refractivity contribution in [2.45, 2.75) is 32.6 Å². The summed E-state index contributed by atoms with van der Waals surface area (Å²) < 4.78 is 43.6. The number of furan rings is 1. The van der Waals surface area contributed by atoms with E-state index in [0.29, 0.717) is 13.1 Å². The molecule has 2 rings (SSSR count). The molecule has 3 nitrogen and oxygen atoms in total. The zero-order valence-electron chi connectivity index (χ0n) is 10.9. The Morgan fingerprint density at radius 3 is 2.80 bits per heavy atom. The number of aromatic nitrogens is 1. The first kappa shape index (κ1) is 15.1. The van der Waals surface area contributed by atoms with Gasteiger partial charge >= 0.3 is 6.18 Å². The van der Waals surface area contributed by atoms with E-state index in [-0.39, 0.29) is 11.4 Å². The Kier molecular flexibility index (Phi) is 4.82. The molecule has 0 fully saturated rings. The van der Waals surface area contributed by atoms with Crippen molar-refractivity contribution in [1.82, 2.24) is 9.88 Å². The smallest absolute Gasteiger partial charge is 0.434 e. The summed E-state index contributed by atoms with van der Waals surface area (Å²) in [4.78, 5) is 5.42. The standard InChI is InChI=1S/C13H14F3N2OS/c1-2-5-18(7-10-4-3-6-19-10)8-11-12(13(14,15)16)17-9-20-11/h3-4,6H,2,5,7-8H2,1H3. The monoisotopic (exact) mass is 303 g/mol. The molecule has 0 saturated heterocycles. The molecule has 2 heterocycles. The number of halogens is 3. The van der Waals surface area contributed by atoms with Gasteiger partial charge in [-0.25, -0.2) is 4.98 Å². The Labute approximate surface area is 119 Å². The van der Waals surface area contributed by atoms with Crippen LogP contribution in [0.2, 0.25) is 0 Å². The van der Waals surface area contributed by atoms with Crippen LogP contribution >= 0.6 is 11.3 Å². The Bertz CT molecular complexity index is 522. The van der Waals surface area contributed by atoms with Crippen molar-refractivity contribution >= 4 is 11.3 Å². The van der Waals surface area contributed by atoms with Crippen LogP contribution in [0.1, 0.15) is 29.7 Å². The molecule has 20 heavy (non-hydrogen) atoms. The van der Waals surface area contributed by atoms with Crippen molar-refractivity contribution in [3.63, 3.8) is 0 Å². The number of hydrogen-bond donors (Lipinski definition) is 0. The van der Waals surface area contributed by atoms with Crippen LogP contribution in [0, 0.1) is 5.51 Å². The van der Waals surface area contributed by atoms with E-state index in [9.17, 15) is 13.2 Å². The minimum absolute atomic E-state index is 0.192. The average Bonchev–Trinajstić information content (AvgIpc) is 2.99. The van der Waals surface area contributed by atoms with Gasteiger partial charge in [0.15, 0.2) is 11.2 Å². The van der Waals surface area contributed by atoms with Crippen molar-refractivity contribution in [3.8, 4) is 0 Å². The summed E-state index contributed by atoms with van der Waals surface area (Å²) in [6.07, 6.45) is -2.01. The number of rotatable bonds is 6. The molecule has 7 heteroatoms. The summed E-state index contributed by atoms with van der Waals surface area (Å²) in [5.41, 5.74) is 1.50. The zero-order chi connectivity index (χ0) is 14.6. The van der Waals surface area contributed by atoms with Gasteiger partial charge in [-0.15, -0.1) is 11.3 Å². The van der Waals surface area contributed by atoms with Crippen LogP contribution in [0.3, 0.4) is 0 Å². The molecule has 0 spiro atoms. The van der Waals surface area contributed by atoms with Crippen molar-refractivity contribution in [2.75, 3.05) is 6.54 Å². The summed E-state index contributed by atoms with van der Waals surface area (Å²) >= 11 is 0.915. The molecule has 2 aromatic heterocycles. The second-order valence-corrected chi connectivity index (χ2v) is 5.24. The van der Waals surface area contributed by atoms with Gasteiger partial charge in [0.25, 0.3) is 0 Å². The third-order valence-electron chi connectivity index (χ3n) is 2.73. The average molecular weight is 303 g/mol. The minimum Gasteiger partial charge on any atom is -0.468 e. The van der Waals surface area contributed by atoms with Gasteiger partial charge in [-0.2, -0.15) is 13.2 Å². The number of nitrogens with zero attached hydrogens (tertiary/aromatic N) is 2. The first-order valence-corrected chi connectivity index (χ1v) is 7.00. The molecule has 2 aromatic rings. The fraction of sp³-hybridized carbons (Fsp3) is 0.462. The van der Waals surface area contributed by atoms with E-state index in [2.05, 4.69) is 10.5 Å². The van der Waals surface area contributed by atoms with Crippen molar-refractivity contribution < 1.29 is 17.6 Å². The minimum atomic E-state index is -4.42. The topological polar surface area (TPSA) is 29.3 Å². The van der Waals surface area contributed by atoms with Crippen LogP contribution in [-0.4, -0.2) is 16.4 Å². The zero-order valence-corrected chi connectivity index (χ0v) is 11.7. The lowest BCUT2D eigenvalue weighted by Crippen LogP contribution is -2.24. The lowest BCUT2D eigenvalue weighted by Gasteiger charge is -2.20. The van der Waals surface area contributed by atoms with Gasteiger partial charge in [-0.3, -0.25) is 4.90 Å². The molecular formula is C13H14F3N2OS. The molecule has 0 aromatic carbocycles. The van der Waals surface area contributed by atoms with Crippen LogP contribution in [-0.2, 0) is 19.3 Å². The van der Waals surface area contributed by atoms with E-state index in [0.717, 1.165) is 23.5 Å². The molecule has 0 bridgehead atoms. The maximum atomic E-state index is 12.8. The maximum absolute atomic E-state index is 12.8. The van der Waals surface area contributed by atoms with Gasteiger partial charge in [0.2, 0.25) is 0 Å². The summed E-state index contributed by atoms with van der Waals surface area (Å²) in [6.45, 7) is 3.36. The van der Waals surface area contributed by atoms with E-state index in [1.165, 1.54) is 0 Å². The second-order valence-electron chi connectivity index (χ2n) is 4.36. The Morgan fingerprint density at radius 1 is 1.40 bits per heavy atom. The molecule has 0 unspecified atom stereocenters. The highest BCUT2D eigenvalue weighted by atomic mass is 32.1. The fourth-order valence-corrected chi connectivity index (χ4v) is 2.67. The predicted molar refractivity (Wildman–Crippen MR) is 69.1 cm³/mol. The van der Waals surface area contributed by atoms with Crippen molar-refractivity contribution in [3.05, 3.63) is 40.2 Å². The SMILES string of the molecule is CCCN(Cc1ccco1)Cc1s[c]nc1C(F)(F)F. The maximum Gasteiger partial charge on any atom is 0.434 e. The van der Waals surface area contributed by atoms with Gasteiger partial charge in [-0.05, 0) is 25.1 Å². The quantitative estimate of drug-likeness (QED) is 0.808. The van der Waals surface area contributed by atoms with Crippen molar-refractivity contribution in [1.29, 1.82) is 0 Å². The highest BCUT2D eigenvalue weighted by Crippen LogP contribution is 2.33. The third kappa shape index (κ3) is 3.83. The van der Waals surface area contributed by atoms with E-state index in [1.54, 1.807) is 12.3 Å². The molecular weight excluding hydrogens is 289 g/mol. The van der Waals surface area contributed by atoms with E-state index >= 15 is 0 Å². The van der Waals surface area contributed by atoms with E-state index in [1.807, 2.05) is 17.9 Å². The fourth-order valence-electron chi connectivity index (χ4n) is 1.92. The Balaban J connectivity index is 2.10. The molecule has 0 aliphatic heterocycles. The number of thiazole rings is 1. The van der Waals surface area contributed by atoms with Gasteiger partial charge in [0.1, 0.15) is 5.76 Å². The second kappa shape index (κ2) is 6.41. The number of hydrogen-bond acceptors (Lipinski definition) is 4. The van der Waals surface area contributed by atoms with Crippen LogP contribution in [0.5, 0.6) is 0 Å². The third-order valence-corrected chi connectivity index (χ3v) is 3.48. The van der Waals surface area contributed by atoms with Crippen molar-refractivity contribution in [2.24, 2.45) is 0 Å². The molecule has 109 valence electrons. The summed E-state index contributed by atoms with van der Waals surface area (Å²) in [5, 5.41) is 0. The highest BCUT2D eigenvalue weighted by Gasteiger charge is 2.36. The lowest BCUT2D eigenvalue weighted by molar-refractivity contribution is -0.141. The molecule has 0 aliphatic carbocycles. The molecule has 0 N–H and O–H groups in total. The summed E-state index contributed by atoms with van der Waals surface area (Å²) in [5.74, 6) is 0.737. The largest absolute Gasteiger partial charge is 0.468 e. The Morgan fingerprint density at radius 2 is 2.20 bits per heavy atom. The van der Waals surface area contributed by atoms with Gasteiger partial charge in [0.05, 0.1) is 17.7 Å².